The summed E-state index contributed by atoms with van der Waals surface area (Å²) < 4.78 is 0. The van der Waals surface area contributed by atoms with Crippen LogP contribution in [0.1, 0.15) is 19.8 Å². The summed E-state index contributed by atoms with van der Waals surface area (Å²) in [5.74, 6) is -0.0328. The molecule has 1 aromatic heterocycles. The van der Waals surface area contributed by atoms with Crippen LogP contribution in [0.4, 0.5) is 5.69 Å². The molecule has 0 fully saturated rings. The smallest absolute Gasteiger partial charge is 0.248 e. The Kier molecular flexibility index (Phi) is 3.25. The van der Waals surface area contributed by atoms with Crippen LogP contribution in [0.15, 0.2) is 23.1 Å². The van der Waals surface area contributed by atoms with Gasteiger partial charge in [0, 0.05) is 18.7 Å². The fraction of sp³-hybridized carbons (Fsp3) is 0.333. The molecule has 1 aromatic rings. The van der Waals surface area contributed by atoms with Crippen molar-refractivity contribution in [2.24, 2.45) is 0 Å². The normalized spacial score (nSPS) is 9.62. The van der Waals surface area contributed by atoms with E-state index in [2.05, 4.69) is 10.3 Å². The third-order valence-corrected chi connectivity index (χ3v) is 1.55. The predicted molar refractivity (Wildman–Crippen MR) is 50.6 cm³/mol. The van der Waals surface area contributed by atoms with E-state index in [4.69, 9.17) is 0 Å². The lowest BCUT2D eigenvalue weighted by Crippen LogP contribution is -2.12. The minimum atomic E-state index is -0.173. The number of nitrogens with one attached hydrogen (secondary N) is 2. The van der Waals surface area contributed by atoms with Gasteiger partial charge in [-0.3, -0.25) is 9.59 Å². The molecule has 0 aromatic carbocycles. The Morgan fingerprint density at radius 3 is 2.85 bits per heavy atom. The number of rotatable bonds is 3. The molecule has 0 saturated carbocycles. The van der Waals surface area contributed by atoms with Gasteiger partial charge in [0.05, 0.1) is 5.69 Å². The zero-order chi connectivity index (χ0) is 9.68. The number of hydrogen-bond acceptors (Lipinski definition) is 2. The number of H-pyrrole nitrogens is 1. The molecule has 1 heterocycles. The Morgan fingerprint density at radius 1 is 1.54 bits per heavy atom. The van der Waals surface area contributed by atoms with Gasteiger partial charge in [-0.2, -0.15) is 0 Å². The maximum absolute atomic E-state index is 11.1. The van der Waals surface area contributed by atoms with Crippen LogP contribution in [0.5, 0.6) is 0 Å². The standard InChI is InChI=1S/C9H12N2O2/c1-2-3-9(13)11-7-4-5-8(12)10-6-7/h4-6H,2-3H2,1H3,(H,10,12)(H,11,13). The van der Waals surface area contributed by atoms with Crippen LogP contribution in [-0.4, -0.2) is 10.9 Å². The van der Waals surface area contributed by atoms with Crippen LogP contribution in [0.25, 0.3) is 0 Å². The minimum Gasteiger partial charge on any atom is -0.327 e. The fourth-order valence-electron chi connectivity index (χ4n) is 0.939. The summed E-state index contributed by atoms with van der Waals surface area (Å²) in [5, 5.41) is 2.66. The van der Waals surface area contributed by atoms with Crippen molar-refractivity contribution in [1.29, 1.82) is 0 Å². The highest BCUT2D eigenvalue weighted by Crippen LogP contribution is 2.01. The first-order chi connectivity index (χ1) is 6.22. The quantitative estimate of drug-likeness (QED) is 0.732. The monoisotopic (exact) mass is 180 g/mol. The van der Waals surface area contributed by atoms with Gasteiger partial charge in [0.1, 0.15) is 0 Å². The summed E-state index contributed by atoms with van der Waals surface area (Å²) in [4.78, 5) is 24.2. The summed E-state index contributed by atoms with van der Waals surface area (Å²) in [7, 11) is 0. The van der Waals surface area contributed by atoms with Crippen LogP contribution in [-0.2, 0) is 4.79 Å². The van der Waals surface area contributed by atoms with Crippen LogP contribution in [0, 0.1) is 0 Å². The van der Waals surface area contributed by atoms with E-state index in [1.54, 1.807) is 6.07 Å². The fourth-order valence-corrected chi connectivity index (χ4v) is 0.939. The summed E-state index contributed by atoms with van der Waals surface area (Å²) in [5.41, 5.74) is 0.451. The van der Waals surface area contributed by atoms with Crippen LogP contribution in [0.3, 0.4) is 0 Å². The SMILES string of the molecule is CCCC(=O)Nc1ccc(=O)[nH]c1. The lowest BCUT2D eigenvalue weighted by Gasteiger charge is -2.02. The van der Waals surface area contributed by atoms with Gasteiger partial charge in [0.25, 0.3) is 0 Å². The predicted octanol–water partition coefficient (Wildman–Crippen LogP) is 1.11. The van der Waals surface area contributed by atoms with Gasteiger partial charge in [-0.15, -0.1) is 0 Å². The maximum Gasteiger partial charge on any atom is 0.248 e. The first kappa shape index (κ1) is 9.51. The largest absolute Gasteiger partial charge is 0.327 e. The highest BCUT2D eigenvalue weighted by molar-refractivity contribution is 5.90. The first-order valence-corrected chi connectivity index (χ1v) is 4.21. The Balaban J connectivity index is 2.59. The molecular weight excluding hydrogens is 168 g/mol. The molecule has 0 aliphatic rings. The number of anilines is 1. The van der Waals surface area contributed by atoms with E-state index < -0.39 is 0 Å². The molecule has 1 amide bonds. The molecule has 2 N–H and O–H groups in total. The summed E-state index contributed by atoms with van der Waals surface area (Å²) in [6.07, 6.45) is 2.80. The Hall–Kier alpha value is -1.58. The van der Waals surface area contributed by atoms with E-state index in [9.17, 15) is 9.59 Å². The van der Waals surface area contributed by atoms with Crippen molar-refractivity contribution in [2.75, 3.05) is 5.32 Å². The second kappa shape index (κ2) is 4.45. The van der Waals surface area contributed by atoms with Crippen LogP contribution < -0.4 is 10.9 Å². The second-order valence-corrected chi connectivity index (χ2v) is 2.74. The van der Waals surface area contributed by atoms with E-state index in [1.807, 2.05) is 6.92 Å². The van der Waals surface area contributed by atoms with Crippen molar-refractivity contribution in [3.8, 4) is 0 Å². The molecule has 0 saturated heterocycles. The van der Waals surface area contributed by atoms with Gasteiger partial charge in [0.2, 0.25) is 11.5 Å². The number of carbonyl (C=O) groups is 1. The van der Waals surface area contributed by atoms with Crippen molar-refractivity contribution in [2.45, 2.75) is 19.8 Å². The summed E-state index contributed by atoms with van der Waals surface area (Å²) in [6, 6.07) is 2.95. The van der Waals surface area contributed by atoms with Gasteiger partial charge >= 0.3 is 0 Å². The molecule has 0 bridgehead atoms. The molecule has 70 valence electrons. The number of pyridine rings is 1. The van der Waals surface area contributed by atoms with Crippen molar-refractivity contribution in [1.82, 2.24) is 4.98 Å². The third-order valence-electron chi connectivity index (χ3n) is 1.55. The van der Waals surface area contributed by atoms with Gasteiger partial charge in [-0.25, -0.2) is 0 Å². The zero-order valence-corrected chi connectivity index (χ0v) is 7.46. The molecule has 0 radical (unpaired) electrons. The third kappa shape index (κ3) is 3.11. The highest BCUT2D eigenvalue weighted by atomic mass is 16.1. The van der Waals surface area contributed by atoms with Crippen molar-refractivity contribution >= 4 is 11.6 Å². The Morgan fingerprint density at radius 2 is 2.31 bits per heavy atom. The molecule has 1 rings (SSSR count). The van der Waals surface area contributed by atoms with E-state index >= 15 is 0 Å². The number of amides is 1. The van der Waals surface area contributed by atoms with Gasteiger partial charge in [-0.05, 0) is 12.5 Å². The second-order valence-electron chi connectivity index (χ2n) is 2.74. The summed E-state index contributed by atoms with van der Waals surface area (Å²) >= 11 is 0. The molecule has 4 heteroatoms. The Bertz CT molecular complexity index is 323. The van der Waals surface area contributed by atoms with Crippen molar-refractivity contribution in [3.05, 3.63) is 28.7 Å². The molecule has 0 atom stereocenters. The van der Waals surface area contributed by atoms with Gasteiger partial charge in [-0.1, -0.05) is 6.92 Å². The number of aromatic nitrogens is 1. The van der Waals surface area contributed by atoms with Crippen LogP contribution in [0.2, 0.25) is 0 Å². The average molecular weight is 180 g/mol. The van der Waals surface area contributed by atoms with E-state index in [1.165, 1.54) is 12.3 Å². The Labute approximate surface area is 76.0 Å². The topological polar surface area (TPSA) is 62.0 Å². The average Bonchev–Trinajstić information content (AvgIpc) is 2.09. The number of hydrogen-bond donors (Lipinski definition) is 2. The van der Waals surface area contributed by atoms with Crippen LogP contribution >= 0.6 is 0 Å². The molecule has 0 aliphatic heterocycles. The molecule has 0 spiro atoms. The van der Waals surface area contributed by atoms with Gasteiger partial charge in [0.15, 0.2) is 0 Å². The molecule has 0 aliphatic carbocycles. The van der Waals surface area contributed by atoms with E-state index in [-0.39, 0.29) is 11.5 Å². The lowest BCUT2D eigenvalue weighted by atomic mass is 10.3. The highest BCUT2D eigenvalue weighted by Gasteiger charge is 1.99. The maximum atomic E-state index is 11.1. The molecule has 4 nitrogen and oxygen atoms in total. The molecular formula is C9H12N2O2. The molecule has 13 heavy (non-hydrogen) atoms. The molecule has 0 unspecified atom stereocenters. The van der Waals surface area contributed by atoms with Crippen molar-refractivity contribution in [3.63, 3.8) is 0 Å². The van der Waals surface area contributed by atoms with E-state index in [0.717, 1.165) is 6.42 Å². The first-order valence-electron chi connectivity index (χ1n) is 4.21. The lowest BCUT2D eigenvalue weighted by molar-refractivity contribution is -0.116. The number of carbonyl (C=O) groups excluding carboxylic acids is 1. The number of aromatic amines is 1. The van der Waals surface area contributed by atoms with Crippen molar-refractivity contribution < 1.29 is 4.79 Å². The summed E-state index contributed by atoms with van der Waals surface area (Å²) in [6.45, 7) is 1.94. The van der Waals surface area contributed by atoms with E-state index in [0.29, 0.717) is 12.1 Å². The zero-order valence-electron chi connectivity index (χ0n) is 7.46. The minimum absolute atomic E-state index is 0.0328. The van der Waals surface area contributed by atoms with Gasteiger partial charge < -0.3 is 10.3 Å².